The summed E-state index contributed by atoms with van der Waals surface area (Å²) < 4.78 is 2.05. The molecule has 0 saturated carbocycles. The summed E-state index contributed by atoms with van der Waals surface area (Å²) in [6.07, 6.45) is 3.87. The average Bonchev–Trinajstić information content (AvgIpc) is 2.85. The summed E-state index contributed by atoms with van der Waals surface area (Å²) in [5.74, 6) is 0. The van der Waals surface area contributed by atoms with Crippen molar-refractivity contribution in [3.8, 4) is 11.3 Å². The molecule has 1 aliphatic carbocycles. The molecule has 0 bridgehead atoms. The topological polar surface area (TPSA) is 48.1 Å². The first-order chi connectivity index (χ1) is 8.27. The SMILES string of the molecule is O=[n+]1cc(-c2ccccc2)n(O)c2c1CCC2. The van der Waals surface area contributed by atoms with Gasteiger partial charge in [0, 0.05) is 16.9 Å². The van der Waals surface area contributed by atoms with E-state index in [1.54, 1.807) is 0 Å². The average molecular weight is 229 g/mol. The third kappa shape index (κ3) is 1.53. The van der Waals surface area contributed by atoms with Crippen LogP contribution in [-0.4, -0.2) is 9.94 Å². The molecule has 0 saturated heterocycles. The second kappa shape index (κ2) is 3.73. The van der Waals surface area contributed by atoms with Crippen LogP contribution in [0.1, 0.15) is 17.8 Å². The Morgan fingerprint density at radius 2 is 1.94 bits per heavy atom. The Labute approximate surface area is 98.3 Å². The van der Waals surface area contributed by atoms with Gasteiger partial charge in [-0.05, 0) is 12.8 Å². The van der Waals surface area contributed by atoms with Crippen molar-refractivity contribution in [2.75, 3.05) is 0 Å². The Kier molecular flexibility index (Phi) is 2.21. The van der Waals surface area contributed by atoms with Crippen LogP contribution in [0.4, 0.5) is 0 Å². The summed E-state index contributed by atoms with van der Waals surface area (Å²) in [6.45, 7) is 0. The van der Waals surface area contributed by atoms with Crippen molar-refractivity contribution in [1.29, 1.82) is 0 Å². The van der Waals surface area contributed by atoms with Gasteiger partial charge in [-0.3, -0.25) is 0 Å². The van der Waals surface area contributed by atoms with Crippen LogP contribution < -0.4 is 4.43 Å². The Bertz CT molecular complexity index is 617. The Morgan fingerprint density at radius 1 is 1.18 bits per heavy atom. The lowest BCUT2D eigenvalue weighted by atomic mass is 10.1. The highest BCUT2D eigenvalue weighted by molar-refractivity contribution is 5.57. The van der Waals surface area contributed by atoms with E-state index < -0.39 is 0 Å². The van der Waals surface area contributed by atoms with Crippen LogP contribution in [0, 0.1) is 4.91 Å². The normalized spacial score (nSPS) is 13.6. The molecular formula is C13H13N2O2+. The molecule has 0 aliphatic heterocycles. The molecule has 3 rings (SSSR count). The van der Waals surface area contributed by atoms with E-state index in [-0.39, 0.29) is 0 Å². The molecule has 0 spiro atoms. The fourth-order valence-corrected chi connectivity index (χ4v) is 2.37. The summed E-state index contributed by atoms with van der Waals surface area (Å²) >= 11 is 0. The van der Waals surface area contributed by atoms with Crippen LogP contribution in [0.25, 0.3) is 11.3 Å². The quantitative estimate of drug-likeness (QED) is 0.598. The minimum atomic E-state index is 0.543. The molecule has 1 heterocycles. The summed E-state index contributed by atoms with van der Waals surface area (Å²) in [7, 11) is 0. The molecule has 4 nitrogen and oxygen atoms in total. The molecule has 4 heteroatoms. The van der Waals surface area contributed by atoms with E-state index in [9.17, 15) is 10.1 Å². The molecule has 0 fully saturated rings. The summed E-state index contributed by atoms with van der Waals surface area (Å²) in [6, 6.07) is 9.44. The fraction of sp³-hybridized carbons (Fsp3) is 0.231. The maximum absolute atomic E-state index is 11.8. The number of benzene rings is 1. The maximum Gasteiger partial charge on any atom is 0.262 e. The van der Waals surface area contributed by atoms with Crippen LogP contribution in [0.15, 0.2) is 36.5 Å². The van der Waals surface area contributed by atoms with Gasteiger partial charge in [0.15, 0.2) is 5.69 Å². The van der Waals surface area contributed by atoms with Crippen molar-refractivity contribution in [2.24, 2.45) is 0 Å². The molecule has 1 aliphatic rings. The predicted octanol–water partition coefficient (Wildman–Crippen LogP) is 1.80. The van der Waals surface area contributed by atoms with E-state index in [1.807, 2.05) is 30.3 Å². The Balaban J connectivity index is 2.26. The van der Waals surface area contributed by atoms with E-state index in [0.29, 0.717) is 11.4 Å². The third-order valence-corrected chi connectivity index (χ3v) is 3.22. The number of aromatic nitrogens is 2. The first kappa shape index (κ1) is 10.1. The van der Waals surface area contributed by atoms with Crippen molar-refractivity contribution < 1.29 is 9.63 Å². The lowest BCUT2D eigenvalue weighted by Crippen LogP contribution is -2.25. The zero-order valence-corrected chi connectivity index (χ0v) is 9.34. The second-order valence-corrected chi connectivity index (χ2v) is 4.26. The van der Waals surface area contributed by atoms with Crippen molar-refractivity contribution in [2.45, 2.75) is 19.3 Å². The zero-order valence-electron chi connectivity index (χ0n) is 9.34. The van der Waals surface area contributed by atoms with Gasteiger partial charge in [0.25, 0.3) is 11.9 Å². The van der Waals surface area contributed by atoms with E-state index >= 15 is 0 Å². The zero-order chi connectivity index (χ0) is 11.8. The van der Waals surface area contributed by atoms with Crippen LogP contribution in [0.2, 0.25) is 0 Å². The molecule has 17 heavy (non-hydrogen) atoms. The standard InChI is InChI=1S/C13H13N2O2/c16-14-9-13(10-5-2-1-3-6-10)15(17)12-8-4-7-11(12)14/h1-3,5-6,9,17H,4,7-8H2/q+1. The van der Waals surface area contributed by atoms with Crippen molar-refractivity contribution >= 4 is 0 Å². The highest BCUT2D eigenvalue weighted by atomic mass is 16.5. The minimum absolute atomic E-state index is 0.543. The molecular weight excluding hydrogens is 216 g/mol. The van der Waals surface area contributed by atoms with Crippen LogP contribution in [0.3, 0.4) is 0 Å². The highest BCUT2D eigenvalue weighted by Gasteiger charge is 2.27. The number of hydrogen-bond acceptors (Lipinski definition) is 2. The number of nitrogens with zero attached hydrogens (tertiary/aromatic N) is 2. The highest BCUT2D eigenvalue weighted by Crippen LogP contribution is 2.23. The van der Waals surface area contributed by atoms with Crippen LogP contribution in [-0.2, 0) is 12.8 Å². The van der Waals surface area contributed by atoms with E-state index in [4.69, 9.17) is 0 Å². The molecule has 1 N–H and O–H groups in total. The molecule has 0 atom stereocenters. The minimum Gasteiger partial charge on any atom is -0.428 e. The first-order valence-electron chi connectivity index (χ1n) is 5.72. The molecule has 1 aromatic heterocycles. The van der Waals surface area contributed by atoms with Crippen LogP contribution in [0.5, 0.6) is 0 Å². The molecule has 0 amide bonds. The van der Waals surface area contributed by atoms with Gasteiger partial charge in [0.1, 0.15) is 5.69 Å². The van der Waals surface area contributed by atoms with Gasteiger partial charge < -0.3 is 5.21 Å². The molecule has 2 aromatic rings. The van der Waals surface area contributed by atoms with Gasteiger partial charge in [0.2, 0.25) is 0 Å². The predicted molar refractivity (Wildman–Crippen MR) is 62.4 cm³/mol. The van der Waals surface area contributed by atoms with Gasteiger partial charge in [-0.15, -0.1) is 0 Å². The lowest BCUT2D eigenvalue weighted by molar-refractivity contribution is -0.505. The smallest absolute Gasteiger partial charge is 0.262 e. The third-order valence-electron chi connectivity index (χ3n) is 3.22. The van der Waals surface area contributed by atoms with Crippen molar-refractivity contribution in [3.63, 3.8) is 0 Å². The second-order valence-electron chi connectivity index (χ2n) is 4.26. The largest absolute Gasteiger partial charge is 0.428 e. The van der Waals surface area contributed by atoms with Crippen LogP contribution >= 0.6 is 0 Å². The van der Waals surface area contributed by atoms with Gasteiger partial charge in [0.05, 0.1) is 4.43 Å². The maximum atomic E-state index is 11.8. The molecule has 0 radical (unpaired) electrons. The summed E-state index contributed by atoms with van der Waals surface area (Å²) in [5.41, 5.74) is 2.81. The number of fused-ring (bicyclic) bond motifs is 1. The Morgan fingerprint density at radius 3 is 2.71 bits per heavy atom. The van der Waals surface area contributed by atoms with Gasteiger partial charge in [-0.2, -0.15) is 4.73 Å². The van der Waals surface area contributed by atoms with E-state index in [1.165, 1.54) is 6.20 Å². The number of hydrogen-bond donors (Lipinski definition) is 1. The monoisotopic (exact) mass is 229 g/mol. The van der Waals surface area contributed by atoms with Crippen molar-refractivity contribution in [1.82, 2.24) is 4.73 Å². The fourth-order valence-electron chi connectivity index (χ4n) is 2.37. The van der Waals surface area contributed by atoms with E-state index in [2.05, 4.69) is 0 Å². The summed E-state index contributed by atoms with van der Waals surface area (Å²) in [4.78, 5) is 11.8. The number of rotatable bonds is 1. The van der Waals surface area contributed by atoms with Gasteiger partial charge in [-0.1, -0.05) is 30.3 Å². The molecule has 0 unspecified atom stereocenters. The van der Waals surface area contributed by atoms with Gasteiger partial charge >= 0.3 is 0 Å². The molecule has 86 valence electrons. The van der Waals surface area contributed by atoms with Gasteiger partial charge in [-0.25, -0.2) is 0 Å². The lowest BCUT2D eigenvalue weighted by Gasteiger charge is -2.07. The Hall–Kier alpha value is -2.10. The molecule has 1 aromatic carbocycles. The van der Waals surface area contributed by atoms with Crippen molar-refractivity contribution in [3.05, 3.63) is 52.8 Å². The first-order valence-corrected chi connectivity index (χ1v) is 5.72. The summed E-state index contributed by atoms with van der Waals surface area (Å²) in [5, 5.41) is 10.2. The van der Waals surface area contributed by atoms with E-state index in [0.717, 1.165) is 39.7 Å².